The van der Waals surface area contributed by atoms with Crippen molar-refractivity contribution >= 4 is 5.97 Å². The number of hydrogen-bond donors (Lipinski definition) is 1. The molecule has 0 bridgehead atoms. The molecule has 0 saturated heterocycles. The van der Waals surface area contributed by atoms with Gasteiger partial charge in [-0.3, -0.25) is 0 Å². The highest BCUT2D eigenvalue weighted by Gasteiger charge is 2.20. The van der Waals surface area contributed by atoms with Crippen LogP contribution in [0.1, 0.15) is 46.0 Å². The first kappa shape index (κ1) is 14.2. The quantitative estimate of drug-likeness (QED) is 0.592. The topological polar surface area (TPSA) is 38.3 Å². The number of esters is 1. The van der Waals surface area contributed by atoms with Crippen LogP contribution in [-0.2, 0) is 9.53 Å². The number of methoxy groups -OCH3 is 1. The fourth-order valence-corrected chi connectivity index (χ4v) is 2.46. The van der Waals surface area contributed by atoms with Gasteiger partial charge in [-0.05, 0) is 25.2 Å². The van der Waals surface area contributed by atoms with Crippen molar-refractivity contribution in [3.05, 3.63) is 11.6 Å². The second-order valence-electron chi connectivity index (χ2n) is 4.85. The molecule has 0 aromatic rings. The van der Waals surface area contributed by atoms with Crippen LogP contribution in [0.3, 0.4) is 0 Å². The zero-order valence-corrected chi connectivity index (χ0v) is 11.3. The predicted octanol–water partition coefficient (Wildman–Crippen LogP) is 2.66. The van der Waals surface area contributed by atoms with Crippen LogP contribution in [-0.4, -0.2) is 25.7 Å². The Morgan fingerprint density at radius 3 is 2.71 bits per heavy atom. The standard InChI is InChI=1S/C14H25NO2/c1-4-12(14(16)17-3)9-10-15-13-8-6-5-7-11(13)2/h9,11,13,15H,4-8,10H2,1-3H3. The number of ether oxygens (including phenoxy) is 1. The number of rotatable bonds is 5. The molecule has 0 radical (unpaired) electrons. The monoisotopic (exact) mass is 239 g/mol. The molecular formula is C14H25NO2. The van der Waals surface area contributed by atoms with Gasteiger partial charge in [0.25, 0.3) is 0 Å². The first-order valence-electron chi connectivity index (χ1n) is 6.69. The maximum atomic E-state index is 11.4. The Kier molecular flexibility index (Phi) is 6.27. The summed E-state index contributed by atoms with van der Waals surface area (Å²) < 4.78 is 4.73. The second kappa shape index (κ2) is 7.49. The third-order valence-corrected chi connectivity index (χ3v) is 3.67. The normalized spacial score (nSPS) is 25.7. The van der Waals surface area contributed by atoms with Crippen molar-refractivity contribution in [3.63, 3.8) is 0 Å². The molecule has 0 heterocycles. The van der Waals surface area contributed by atoms with E-state index < -0.39 is 0 Å². The summed E-state index contributed by atoms with van der Waals surface area (Å²) in [6.45, 7) is 5.06. The first-order chi connectivity index (χ1) is 8.19. The van der Waals surface area contributed by atoms with Gasteiger partial charge in [-0.15, -0.1) is 0 Å². The van der Waals surface area contributed by atoms with Crippen molar-refractivity contribution < 1.29 is 9.53 Å². The third-order valence-electron chi connectivity index (χ3n) is 3.67. The average Bonchev–Trinajstić information content (AvgIpc) is 2.36. The van der Waals surface area contributed by atoms with Crippen molar-refractivity contribution in [2.24, 2.45) is 5.92 Å². The Labute approximate surface area is 105 Å². The molecular weight excluding hydrogens is 214 g/mol. The highest BCUT2D eigenvalue weighted by Crippen LogP contribution is 2.23. The van der Waals surface area contributed by atoms with Gasteiger partial charge in [0.1, 0.15) is 0 Å². The second-order valence-corrected chi connectivity index (χ2v) is 4.85. The Morgan fingerprint density at radius 2 is 2.12 bits per heavy atom. The van der Waals surface area contributed by atoms with Crippen LogP contribution in [0.5, 0.6) is 0 Å². The van der Waals surface area contributed by atoms with E-state index in [1.165, 1.54) is 32.8 Å². The molecule has 1 saturated carbocycles. The number of hydrogen-bond acceptors (Lipinski definition) is 3. The SMILES string of the molecule is CCC(=CCNC1CCCCC1C)C(=O)OC. The number of carbonyl (C=O) groups excluding carboxylic acids is 1. The van der Waals surface area contributed by atoms with Crippen LogP contribution < -0.4 is 5.32 Å². The molecule has 1 aliphatic carbocycles. The molecule has 3 nitrogen and oxygen atoms in total. The van der Waals surface area contributed by atoms with Crippen LogP contribution >= 0.6 is 0 Å². The fraction of sp³-hybridized carbons (Fsp3) is 0.786. The summed E-state index contributed by atoms with van der Waals surface area (Å²) in [4.78, 5) is 11.4. The highest BCUT2D eigenvalue weighted by atomic mass is 16.5. The molecule has 0 aliphatic heterocycles. The summed E-state index contributed by atoms with van der Waals surface area (Å²) in [6, 6.07) is 0.607. The molecule has 0 spiro atoms. The summed E-state index contributed by atoms with van der Waals surface area (Å²) in [5.41, 5.74) is 0.767. The van der Waals surface area contributed by atoms with Crippen molar-refractivity contribution in [3.8, 4) is 0 Å². The highest BCUT2D eigenvalue weighted by molar-refractivity contribution is 5.88. The van der Waals surface area contributed by atoms with Crippen LogP contribution in [0.15, 0.2) is 11.6 Å². The molecule has 2 unspecified atom stereocenters. The van der Waals surface area contributed by atoms with Crippen LogP contribution in [0, 0.1) is 5.92 Å². The van der Waals surface area contributed by atoms with E-state index in [-0.39, 0.29) is 5.97 Å². The van der Waals surface area contributed by atoms with Crippen LogP contribution in [0.2, 0.25) is 0 Å². The molecule has 1 rings (SSSR count). The summed E-state index contributed by atoms with van der Waals surface area (Å²) in [5, 5.41) is 3.53. The van der Waals surface area contributed by atoms with E-state index in [4.69, 9.17) is 4.74 Å². The van der Waals surface area contributed by atoms with Crippen molar-refractivity contribution in [1.29, 1.82) is 0 Å². The van der Waals surface area contributed by atoms with Gasteiger partial charge in [0, 0.05) is 18.2 Å². The predicted molar refractivity (Wildman–Crippen MR) is 69.8 cm³/mol. The van der Waals surface area contributed by atoms with Gasteiger partial charge in [0.2, 0.25) is 0 Å². The molecule has 0 aromatic carbocycles. The maximum Gasteiger partial charge on any atom is 0.333 e. The molecule has 17 heavy (non-hydrogen) atoms. The van der Waals surface area contributed by atoms with E-state index in [0.717, 1.165) is 24.5 Å². The van der Waals surface area contributed by atoms with Crippen molar-refractivity contribution in [1.82, 2.24) is 5.32 Å². The van der Waals surface area contributed by atoms with E-state index in [2.05, 4.69) is 12.2 Å². The summed E-state index contributed by atoms with van der Waals surface area (Å²) in [6.07, 6.45) is 7.95. The fourth-order valence-electron chi connectivity index (χ4n) is 2.46. The van der Waals surface area contributed by atoms with Crippen LogP contribution in [0.4, 0.5) is 0 Å². The van der Waals surface area contributed by atoms with Gasteiger partial charge >= 0.3 is 5.97 Å². The summed E-state index contributed by atoms with van der Waals surface area (Å²) >= 11 is 0. The van der Waals surface area contributed by atoms with E-state index in [9.17, 15) is 4.79 Å². The smallest absolute Gasteiger partial charge is 0.333 e. The molecule has 1 N–H and O–H groups in total. The number of nitrogens with one attached hydrogen (secondary N) is 1. The lowest BCUT2D eigenvalue weighted by molar-refractivity contribution is -0.136. The Hall–Kier alpha value is -0.830. The van der Waals surface area contributed by atoms with Crippen molar-refractivity contribution in [2.45, 2.75) is 52.0 Å². The van der Waals surface area contributed by atoms with Gasteiger partial charge < -0.3 is 10.1 Å². The van der Waals surface area contributed by atoms with E-state index in [1.807, 2.05) is 13.0 Å². The summed E-state index contributed by atoms with van der Waals surface area (Å²) in [5.74, 6) is 0.548. The average molecular weight is 239 g/mol. The molecule has 1 fully saturated rings. The summed E-state index contributed by atoms with van der Waals surface area (Å²) in [7, 11) is 1.43. The van der Waals surface area contributed by atoms with Gasteiger partial charge in [-0.1, -0.05) is 32.8 Å². The first-order valence-corrected chi connectivity index (χ1v) is 6.69. The van der Waals surface area contributed by atoms with E-state index >= 15 is 0 Å². The minimum Gasteiger partial charge on any atom is -0.466 e. The zero-order chi connectivity index (χ0) is 12.7. The lowest BCUT2D eigenvalue weighted by atomic mass is 9.86. The third kappa shape index (κ3) is 4.50. The molecule has 98 valence electrons. The van der Waals surface area contributed by atoms with E-state index in [1.54, 1.807) is 0 Å². The van der Waals surface area contributed by atoms with Gasteiger partial charge in [-0.2, -0.15) is 0 Å². The minimum absolute atomic E-state index is 0.203. The molecule has 0 aromatic heterocycles. The largest absolute Gasteiger partial charge is 0.466 e. The van der Waals surface area contributed by atoms with Crippen molar-refractivity contribution in [2.75, 3.05) is 13.7 Å². The molecule has 3 heteroatoms. The number of carbonyl (C=O) groups is 1. The van der Waals surface area contributed by atoms with Gasteiger partial charge in [-0.25, -0.2) is 4.79 Å². The minimum atomic E-state index is -0.203. The zero-order valence-electron chi connectivity index (χ0n) is 11.3. The van der Waals surface area contributed by atoms with Crippen LogP contribution in [0.25, 0.3) is 0 Å². The van der Waals surface area contributed by atoms with Gasteiger partial charge in [0.15, 0.2) is 0 Å². The van der Waals surface area contributed by atoms with Gasteiger partial charge in [0.05, 0.1) is 7.11 Å². The maximum absolute atomic E-state index is 11.4. The molecule has 2 atom stereocenters. The Balaban J connectivity index is 2.38. The molecule has 0 amide bonds. The molecule has 1 aliphatic rings. The van der Waals surface area contributed by atoms with E-state index in [0.29, 0.717) is 6.04 Å². The Morgan fingerprint density at radius 1 is 1.41 bits per heavy atom. The lowest BCUT2D eigenvalue weighted by Gasteiger charge is -2.29. The Bertz CT molecular complexity index is 273. The lowest BCUT2D eigenvalue weighted by Crippen LogP contribution is -2.37.